The van der Waals surface area contributed by atoms with Gasteiger partial charge in [-0.2, -0.15) is 5.10 Å². The number of nitro groups is 1. The lowest BCUT2D eigenvalue weighted by Gasteiger charge is -2.26. The van der Waals surface area contributed by atoms with E-state index in [0.29, 0.717) is 12.6 Å². The normalized spacial score (nSPS) is 16.1. The van der Waals surface area contributed by atoms with E-state index in [2.05, 4.69) is 34.7 Å². The molecular formula is C21H22N4O2. The average Bonchev–Trinajstić information content (AvgIpc) is 3.07. The Morgan fingerprint density at radius 3 is 2.78 bits per heavy atom. The SMILES string of the molecule is Cn1cc(CNC2CCCc3ccccc32)c(-c2ccc([N+](=O)[O-])cc2)n1. The van der Waals surface area contributed by atoms with Crippen molar-refractivity contribution in [1.82, 2.24) is 15.1 Å². The highest BCUT2D eigenvalue weighted by Crippen LogP contribution is 2.30. The highest BCUT2D eigenvalue weighted by molar-refractivity contribution is 5.64. The Morgan fingerprint density at radius 2 is 2.00 bits per heavy atom. The molecule has 1 N–H and O–H groups in total. The van der Waals surface area contributed by atoms with E-state index in [0.717, 1.165) is 29.7 Å². The molecule has 1 aliphatic rings. The molecule has 0 saturated carbocycles. The number of hydrogen-bond acceptors (Lipinski definition) is 4. The molecule has 2 aromatic carbocycles. The van der Waals surface area contributed by atoms with Crippen molar-refractivity contribution in [2.75, 3.05) is 0 Å². The molecule has 1 aliphatic carbocycles. The topological polar surface area (TPSA) is 73.0 Å². The fourth-order valence-corrected chi connectivity index (χ4v) is 3.85. The molecule has 1 atom stereocenters. The molecule has 0 aliphatic heterocycles. The third kappa shape index (κ3) is 3.61. The van der Waals surface area contributed by atoms with E-state index in [1.807, 2.05) is 13.2 Å². The Balaban J connectivity index is 1.55. The van der Waals surface area contributed by atoms with Gasteiger partial charge in [0.05, 0.1) is 10.6 Å². The molecule has 4 rings (SSSR count). The van der Waals surface area contributed by atoms with Crippen LogP contribution in [0.3, 0.4) is 0 Å². The lowest BCUT2D eigenvalue weighted by atomic mass is 9.87. The minimum absolute atomic E-state index is 0.0909. The van der Waals surface area contributed by atoms with Gasteiger partial charge in [-0.25, -0.2) is 0 Å². The van der Waals surface area contributed by atoms with Gasteiger partial charge in [0.15, 0.2) is 0 Å². The molecule has 138 valence electrons. The Kier molecular flexibility index (Phi) is 4.73. The van der Waals surface area contributed by atoms with Crippen molar-refractivity contribution in [3.63, 3.8) is 0 Å². The summed E-state index contributed by atoms with van der Waals surface area (Å²) in [4.78, 5) is 10.5. The molecule has 0 amide bonds. The number of hydrogen-bond donors (Lipinski definition) is 1. The molecule has 0 spiro atoms. The summed E-state index contributed by atoms with van der Waals surface area (Å²) >= 11 is 0. The number of fused-ring (bicyclic) bond motifs is 1. The Hall–Kier alpha value is -2.99. The average molecular weight is 362 g/mol. The van der Waals surface area contributed by atoms with Gasteiger partial charge in [0.2, 0.25) is 0 Å². The molecule has 6 heteroatoms. The number of nitrogens with zero attached hydrogens (tertiary/aromatic N) is 3. The summed E-state index contributed by atoms with van der Waals surface area (Å²) in [5.74, 6) is 0. The highest BCUT2D eigenvalue weighted by Gasteiger charge is 2.20. The molecule has 27 heavy (non-hydrogen) atoms. The van der Waals surface area contributed by atoms with Crippen LogP contribution in [-0.2, 0) is 20.0 Å². The van der Waals surface area contributed by atoms with Crippen LogP contribution in [0.1, 0.15) is 35.6 Å². The van der Waals surface area contributed by atoms with Crippen LogP contribution in [0, 0.1) is 10.1 Å². The Bertz CT molecular complexity index is 963. The zero-order chi connectivity index (χ0) is 18.8. The van der Waals surface area contributed by atoms with Crippen molar-refractivity contribution >= 4 is 5.69 Å². The molecule has 6 nitrogen and oxygen atoms in total. The van der Waals surface area contributed by atoms with Crippen molar-refractivity contribution in [3.05, 3.63) is 81.5 Å². The molecule has 1 unspecified atom stereocenters. The van der Waals surface area contributed by atoms with Gasteiger partial charge in [-0.1, -0.05) is 24.3 Å². The van der Waals surface area contributed by atoms with E-state index in [1.165, 1.54) is 29.7 Å². The van der Waals surface area contributed by atoms with Gasteiger partial charge in [0.1, 0.15) is 0 Å². The smallest absolute Gasteiger partial charge is 0.269 e. The number of aromatic nitrogens is 2. The van der Waals surface area contributed by atoms with Crippen molar-refractivity contribution in [2.45, 2.75) is 31.8 Å². The summed E-state index contributed by atoms with van der Waals surface area (Å²) in [5.41, 5.74) is 5.76. The first-order chi connectivity index (χ1) is 13.1. The van der Waals surface area contributed by atoms with Crippen molar-refractivity contribution in [2.24, 2.45) is 7.05 Å². The van der Waals surface area contributed by atoms with Crippen LogP contribution in [0.2, 0.25) is 0 Å². The summed E-state index contributed by atoms with van der Waals surface area (Å²) in [6.07, 6.45) is 5.48. The molecule has 0 fully saturated rings. The van der Waals surface area contributed by atoms with Crippen LogP contribution in [0.4, 0.5) is 5.69 Å². The van der Waals surface area contributed by atoms with Gasteiger partial charge >= 0.3 is 0 Å². The first kappa shape index (κ1) is 17.4. The van der Waals surface area contributed by atoms with Gasteiger partial charge in [0.25, 0.3) is 5.69 Å². The van der Waals surface area contributed by atoms with E-state index in [4.69, 9.17) is 0 Å². The van der Waals surface area contributed by atoms with Crippen LogP contribution in [0.15, 0.2) is 54.7 Å². The minimum atomic E-state index is -0.384. The minimum Gasteiger partial charge on any atom is -0.306 e. The van der Waals surface area contributed by atoms with E-state index in [1.54, 1.807) is 16.8 Å². The van der Waals surface area contributed by atoms with Crippen LogP contribution >= 0.6 is 0 Å². The van der Waals surface area contributed by atoms with Crippen LogP contribution < -0.4 is 5.32 Å². The third-order valence-corrected chi connectivity index (χ3v) is 5.16. The second kappa shape index (κ2) is 7.32. The van der Waals surface area contributed by atoms with Crippen molar-refractivity contribution in [3.8, 4) is 11.3 Å². The van der Waals surface area contributed by atoms with E-state index in [-0.39, 0.29) is 10.6 Å². The predicted molar refractivity (Wildman–Crippen MR) is 104 cm³/mol. The standard InChI is InChI=1S/C21H22N4O2/c1-24-14-17(21(23-24)16-9-11-18(12-10-16)25(26)27)13-22-20-8-4-6-15-5-2-3-7-19(15)20/h2-3,5,7,9-12,14,20,22H,4,6,8,13H2,1H3. The van der Waals surface area contributed by atoms with Gasteiger partial charge in [-0.15, -0.1) is 0 Å². The molecule has 1 heterocycles. The first-order valence-corrected chi connectivity index (χ1v) is 9.20. The van der Waals surface area contributed by atoms with Crippen LogP contribution in [0.5, 0.6) is 0 Å². The molecule has 0 bridgehead atoms. The summed E-state index contributed by atoms with van der Waals surface area (Å²) in [7, 11) is 1.90. The van der Waals surface area contributed by atoms with E-state index < -0.39 is 0 Å². The largest absolute Gasteiger partial charge is 0.306 e. The van der Waals surface area contributed by atoms with Crippen LogP contribution in [0.25, 0.3) is 11.3 Å². The quantitative estimate of drug-likeness (QED) is 0.546. The fraction of sp³-hybridized carbons (Fsp3) is 0.286. The summed E-state index contributed by atoms with van der Waals surface area (Å²) in [6.45, 7) is 0.708. The number of non-ortho nitro benzene ring substituents is 1. The molecule has 1 aromatic heterocycles. The fourth-order valence-electron chi connectivity index (χ4n) is 3.85. The first-order valence-electron chi connectivity index (χ1n) is 9.20. The number of rotatable bonds is 5. The number of nitrogens with one attached hydrogen (secondary N) is 1. The van der Waals surface area contributed by atoms with Gasteiger partial charge in [0, 0.05) is 49.1 Å². The third-order valence-electron chi connectivity index (χ3n) is 5.16. The summed E-state index contributed by atoms with van der Waals surface area (Å²) < 4.78 is 1.79. The maximum absolute atomic E-state index is 10.9. The van der Waals surface area contributed by atoms with E-state index >= 15 is 0 Å². The molecule has 3 aromatic rings. The van der Waals surface area contributed by atoms with Crippen molar-refractivity contribution in [1.29, 1.82) is 0 Å². The summed E-state index contributed by atoms with van der Waals surface area (Å²) in [5, 5.41) is 19.1. The van der Waals surface area contributed by atoms with Crippen molar-refractivity contribution < 1.29 is 4.92 Å². The van der Waals surface area contributed by atoms with E-state index in [9.17, 15) is 10.1 Å². The summed E-state index contributed by atoms with van der Waals surface area (Å²) in [6, 6.07) is 15.6. The zero-order valence-electron chi connectivity index (χ0n) is 15.3. The second-order valence-electron chi connectivity index (χ2n) is 7.01. The van der Waals surface area contributed by atoms with Gasteiger partial charge in [-0.3, -0.25) is 14.8 Å². The lowest BCUT2D eigenvalue weighted by molar-refractivity contribution is -0.384. The number of benzene rings is 2. The second-order valence-corrected chi connectivity index (χ2v) is 7.01. The van der Waals surface area contributed by atoms with Gasteiger partial charge in [-0.05, 0) is 42.5 Å². The Morgan fingerprint density at radius 1 is 1.22 bits per heavy atom. The Labute approximate surface area is 158 Å². The number of nitro benzene ring substituents is 1. The molecular weight excluding hydrogens is 340 g/mol. The molecule has 0 radical (unpaired) electrons. The van der Waals surface area contributed by atoms with Crippen LogP contribution in [-0.4, -0.2) is 14.7 Å². The zero-order valence-corrected chi connectivity index (χ0v) is 15.3. The lowest BCUT2D eigenvalue weighted by Crippen LogP contribution is -2.24. The maximum atomic E-state index is 10.9. The maximum Gasteiger partial charge on any atom is 0.269 e. The predicted octanol–water partition coefficient (Wildman–Crippen LogP) is 4.16. The van der Waals surface area contributed by atoms with Gasteiger partial charge < -0.3 is 5.32 Å². The monoisotopic (exact) mass is 362 g/mol. The number of aryl methyl sites for hydroxylation is 2. The molecule has 0 saturated heterocycles. The highest BCUT2D eigenvalue weighted by atomic mass is 16.6.